The lowest BCUT2D eigenvalue weighted by Crippen LogP contribution is -1.96. The van der Waals surface area contributed by atoms with E-state index in [4.69, 9.17) is 23.2 Å². The van der Waals surface area contributed by atoms with Crippen LogP contribution in [0.4, 0.5) is 4.39 Å². The van der Waals surface area contributed by atoms with Crippen molar-refractivity contribution in [3.05, 3.63) is 40.0 Å². The Kier molecular flexibility index (Phi) is 3.03. The van der Waals surface area contributed by atoms with Gasteiger partial charge in [-0.15, -0.1) is 0 Å². The van der Waals surface area contributed by atoms with Crippen molar-refractivity contribution in [2.45, 2.75) is 6.92 Å². The first kappa shape index (κ1) is 11.2. The van der Waals surface area contributed by atoms with Crippen LogP contribution in [-0.4, -0.2) is 15.0 Å². The van der Waals surface area contributed by atoms with Crippen LogP contribution in [0.3, 0.4) is 0 Å². The summed E-state index contributed by atoms with van der Waals surface area (Å²) in [6.07, 6.45) is 0. The van der Waals surface area contributed by atoms with Crippen molar-refractivity contribution >= 4 is 23.2 Å². The third kappa shape index (κ3) is 2.13. The Bertz CT molecular complexity index is 522. The van der Waals surface area contributed by atoms with E-state index in [1.807, 2.05) is 13.0 Å². The molecule has 0 fully saturated rings. The van der Waals surface area contributed by atoms with Gasteiger partial charge in [0.15, 0.2) is 21.9 Å². The zero-order chi connectivity index (χ0) is 11.7. The molecule has 0 saturated heterocycles. The lowest BCUT2D eigenvalue weighted by atomic mass is 10.3. The standard InChI is InChI=1S/C10H6Cl2FN3/c1-5-3-2-4-6(14-5)10-15-8(11)7(13)9(12)16-10/h2-4H,1H3. The van der Waals surface area contributed by atoms with Crippen LogP contribution in [0.1, 0.15) is 5.69 Å². The number of nitrogens with zero attached hydrogens (tertiary/aromatic N) is 3. The minimum Gasteiger partial charge on any atom is -0.250 e. The second-order valence-electron chi connectivity index (χ2n) is 3.11. The molecule has 0 N–H and O–H groups in total. The van der Waals surface area contributed by atoms with Crippen molar-refractivity contribution in [2.75, 3.05) is 0 Å². The molecule has 0 atom stereocenters. The Labute approximate surface area is 101 Å². The van der Waals surface area contributed by atoms with E-state index in [0.29, 0.717) is 5.69 Å². The van der Waals surface area contributed by atoms with Crippen LogP contribution in [0.2, 0.25) is 10.3 Å². The van der Waals surface area contributed by atoms with Crippen molar-refractivity contribution < 1.29 is 4.39 Å². The number of aryl methyl sites for hydroxylation is 1. The van der Waals surface area contributed by atoms with Crippen molar-refractivity contribution in [3.8, 4) is 11.5 Å². The fourth-order valence-electron chi connectivity index (χ4n) is 1.18. The first-order chi connectivity index (χ1) is 7.58. The molecule has 6 heteroatoms. The van der Waals surface area contributed by atoms with Crippen molar-refractivity contribution in [1.82, 2.24) is 15.0 Å². The number of pyridine rings is 1. The molecule has 2 rings (SSSR count). The second kappa shape index (κ2) is 4.31. The van der Waals surface area contributed by atoms with Gasteiger partial charge < -0.3 is 0 Å². The maximum Gasteiger partial charge on any atom is 0.197 e. The Hall–Kier alpha value is -1.26. The van der Waals surface area contributed by atoms with E-state index in [1.54, 1.807) is 12.1 Å². The predicted octanol–water partition coefficient (Wildman–Crippen LogP) is 3.29. The van der Waals surface area contributed by atoms with E-state index in [2.05, 4.69) is 15.0 Å². The monoisotopic (exact) mass is 257 g/mol. The van der Waals surface area contributed by atoms with Crippen LogP contribution >= 0.6 is 23.2 Å². The van der Waals surface area contributed by atoms with Crippen LogP contribution in [0.5, 0.6) is 0 Å². The molecule has 3 nitrogen and oxygen atoms in total. The summed E-state index contributed by atoms with van der Waals surface area (Å²) in [6, 6.07) is 5.33. The van der Waals surface area contributed by atoms with Gasteiger partial charge in [0.2, 0.25) is 0 Å². The van der Waals surface area contributed by atoms with Crippen molar-refractivity contribution in [3.63, 3.8) is 0 Å². The molecule has 0 amide bonds. The number of aromatic nitrogens is 3. The molecule has 0 unspecified atom stereocenters. The van der Waals surface area contributed by atoms with E-state index < -0.39 is 5.82 Å². The summed E-state index contributed by atoms with van der Waals surface area (Å²) in [7, 11) is 0. The highest BCUT2D eigenvalue weighted by Gasteiger charge is 2.12. The van der Waals surface area contributed by atoms with Gasteiger partial charge in [0.25, 0.3) is 0 Å². The van der Waals surface area contributed by atoms with Crippen LogP contribution < -0.4 is 0 Å². The Morgan fingerprint density at radius 1 is 1.06 bits per heavy atom. The quantitative estimate of drug-likeness (QED) is 0.736. The first-order valence-electron chi connectivity index (χ1n) is 4.40. The average Bonchev–Trinajstić information content (AvgIpc) is 2.25. The van der Waals surface area contributed by atoms with Crippen LogP contribution in [0.15, 0.2) is 18.2 Å². The average molecular weight is 258 g/mol. The third-order valence-electron chi connectivity index (χ3n) is 1.89. The highest BCUT2D eigenvalue weighted by molar-refractivity contribution is 6.33. The van der Waals surface area contributed by atoms with Gasteiger partial charge in [-0.1, -0.05) is 29.3 Å². The lowest BCUT2D eigenvalue weighted by molar-refractivity contribution is 0.615. The highest BCUT2D eigenvalue weighted by atomic mass is 35.5. The van der Waals surface area contributed by atoms with Crippen LogP contribution in [-0.2, 0) is 0 Å². The molecule has 2 aromatic heterocycles. The van der Waals surface area contributed by atoms with Gasteiger partial charge in [0, 0.05) is 5.69 Å². The molecular formula is C10H6Cl2FN3. The summed E-state index contributed by atoms with van der Waals surface area (Å²) in [5, 5.41) is -0.614. The number of rotatable bonds is 1. The largest absolute Gasteiger partial charge is 0.250 e. The SMILES string of the molecule is Cc1cccc(-c2nc(Cl)c(F)c(Cl)n2)n1. The van der Waals surface area contributed by atoms with Gasteiger partial charge >= 0.3 is 0 Å². The molecule has 0 aliphatic heterocycles. The summed E-state index contributed by atoms with van der Waals surface area (Å²) in [5.41, 5.74) is 1.31. The molecule has 0 saturated carbocycles. The van der Waals surface area contributed by atoms with E-state index in [-0.39, 0.29) is 16.1 Å². The fourth-order valence-corrected chi connectivity index (χ4v) is 1.56. The number of hydrogen-bond acceptors (Lipinski definition) is 3. The molecule has 16 heavy (non-hydrogen) atoms. The summed E-state index contributed by atoms with van der Waals surface area (Å²) in [6.45, 7) is 1.83. The molecule has 0 spiro atoms. The fraction of sp³-hybridized carbons (Fsp3) is 0.100. The van der Waals surface area contributed by atoms with Crippen molar-refractivity contribution in [2.24, 2.45) is 0 Å². The molecule has 82 valence electrons. The zero-order valence-corrected chi connectivity index (χ0v) is 9.72. The van der Waals surface area contributed by atoms with Gasteiger partial charge in [-0.2, -0.15) is 0 Å². The van der Waals surface area contributed by atoms with E-state index in [0.717, 1.165) is 5.69 Å². The van der Waals surface area contributed by atoms with E-state index in [1.165, 1.54) is 0 Å². The number of halogens is 3. The molecule has 0 aliphatic rings. The summed E-state index contributed by atoms with van der Waals surface area (Å²) in [4.78, 5) is 11.7. The van der Waals surface area contributed by atoms with Crippen molar-refractivity contribution in [1.29, 1.82) is 0 Å². The molecular weight excluding hydrogens is 252 g/mol. The molecule has 0 aliphatic carbocycles. The first-order valence-corrected chi connectivity index (χ1v) is 5.16. The highest BCUT2D eigenvalue weighted by Crippen LogP contribution is 2.22. The molecule has 0 aromatic carbocycles. The summed E-state index contributed by atoms with van der Waals surface area (Å²) >= 11 is 11.1. The minimum absolute atomic E-state index is 0.208. The normalized spacial score (nSPS) is 10.5. The van der Waals surface area contributed by atoms with Gasteiger partial charge in [-0.25, -0.2) is 19.3 Å². The smallest absolute Gasteiger partial charge is 0.197 e. The molecule has 0 radical (unpaired) electrons. The van der Waals surface area contributed by atoms with Crippen LogP contribution in [0, 0.1) is 12.7 Å². The van der Waals surface area contributed by atoms with Gasteiger partial charge in [0.1, 0.15) is 5.69 Å². The maximum atomic E-state index is 13.1. The summed E-state index contributed by atoms with van der Waals surface area (Å²) in [5.74, 6) is -0.611. The topological polar surface area (TPSA) is 38.7 Å². The third-order valence-corrected chi connectivity index (χ3v) is 2.39. The lowest BCUT2D eigenvalue weighted by Gasteiger charge is -2.02. The molecule has 2 aromatic rings. The van der Waals surface area contributed by atoms with Gasteiger partial charge in [-0.05, 0) is 19.1 Å². The predicted molar refractivity (Wildman–Crippen MR) is 60.0 cm³/mol. The Balaban J connectivity index is 2.57. The van der Waals surface area contributed by atoms with Crippen LogP contribution in [0.25, 0.3) is 11.5 Å². The zero-order valence-electron chi connectivity index (χ0n) is 8.21. The Morgan fingerprint density at radius 3 is 2.25 bits per heavy atom. The Morgan fingerprint density at radius 2 is 1.69 bits per heavy atom. The molecule has 2 heterocycles. The summed E-state index contributed by atoms with van der Waals surface area (Å²) < 4.78 is 13.1. The van der Waals surface area contributed by atoms with E-state index >= 15 is 0 Å². The van der Waals surface area contributed by atoms with Gasteiger partial charge in [-0.3, -0.25) is 0 Å². The molecule has 0 bridgehead atoms. The van der Waals surface area contributed by atoms with E-state index in [9.17, 15) is 4.39 Å². The van der Waals surface area contributed by atoms with Gasteiger partial charge in [0.05, 0.1) is 0 Å². The second-order valence-corrected chi connectivity index (χ2v) is 3.82. The minimum atomic E-state index is -0.820. The number of hydrogen-bond donors (Lipinski definition) is 0. The maximum absolute atomic E-state index is 13.1.